The molecule has 126 valence electrons. The molecule has 0 bridgehead atoms. The van der Waals surface area contributed by atoms with Crippen molar-refractivity contribution in [2.24, 2.45) is 0 Å². The largest absolute Gasteiger partial charge is 0.351 e. The summed E-state index contributed by atoms with van der Waals surface area (Å²) in [4.78, 5) is 17.2. The summed E-state index contributed by atoms with van der Waals surface area (Å²) in [6.45, 7) is 1.99. The van der Waals surface area contributed by atoms with Gasteiger partial charge in [-0.25, -0.2) is 8.42 Å². The van der Waals surface area contributed by atoms with Crippen molar-refractivity contribution >= 4 is 15.7 Å². The molecule has 1 aliphatic heterocycles. The second-order valence-corrected chi connectivity index (χ2v) is 8.44. The molecular weight excluding hydrogens is 324 g/mol. The highest BCUT2D eigenvalue weighted by atomic mass is 32.2. The maximum Gasteiger partial charge on any atom is 0.233 e. The number of hydrogen-bond donors (Lipinski definition) is 1. The third-order valence-electron chi connectivity index (χ3n) is 4.24. The molecule has 1 amide bonds. The van der Waals surface area contributed by atoms with E-state index in [1.165, 1.54) is 0 Å². The van der Waals surface area contributed by atoms with Crippen molar-refractivity contribution in [3.63, 3.8) is 0 Å². The van der Waals surface area contributed by atoms with Crippen molar-refractivity contribution in [1.82, 2.24) is 10.3 Å². The molecule has 0 spiro atoms. The fraction of sp³-hybridized carbons (Fsp3) is 0.333. The van der Waals surface area contributed by atoms with Crippen molar-refractivity contribution < 1.29 is 13.2 Å². The SMILES string of the molecule is Cc1ccc(C(C(=O)NC2CCS(=O)(=O)C2)c2ccccn2)cc1. The van der Waals surface area contributed by atoms with Crippen LogP contribution in [0.15, 0.2) is 48.7 Å². The van der Waals surface area contributed by atoms with E-state index in [0.29, 0.717) is 12.1 Å². The topological polar surface area (TPSA) is 76.1 Å². The van der Waals surface area contributed by atoms with Gasteiger partial charge in [0.05, 0.1) is 17.2 Å². The number of nitrogens with zero attached hydrogens (tertiary/aromatic N) is 1. The minimum atomic E-state index is -3.03. The van der Waals surface area contributed by atoms with E-state index in [1.807, 2.05) is 43.3 Å². The smallest absolute Gasteiger partial charge is 0.233 e. The minimum Gasteiger partial charge on any atom is -0.351 e. The van der Waals surface area contributed by atoms with Crippen LogP contribution in [0.4, 0.5) is 0 Å². The summed E-state index contributed by atoms with van der Waals surface area (Å²) in [6, 6.07) is 12.9. The molecule has 1 N–H and O–H groups in total. The van der Waals surface area contributed by atoms with Crippen LogP contribution in [0.25, 0.3) is 0 Å². The lowest BCUT2D eigenvalue weighted by molar-refractivity contribution is -0.122. The summed E-state index contributed by atoms with van der Waals surface area (Å²) >= 11 is 0. The van der Waals surface area contributed by atoms with Crippen molar-refractivity contribution in [1.29, 1.82) is 0 Å². The van der Waals surface area contributed by atoms with Gasteiger partial charge in [-0.05, 0) is 31.0 Å². The summed E-state index contributed by atoms with van der Waals surface area (Å²) in [5.74, 6) is -0.604. The van der Waals surface area contributed by atoms with Crippen LogP contribution in [0, 0.1) is 6.92 Å². The van der Waals surface area contributed by atoms with E-state index < -0.39 is 15.8 Å². The van der Waals surface area contributed by atoms with Gasteiger partial charge in [0.25, 0.3) is 0 Å². The summed E-state index contributed by atoms with van der Waals surface area (Å²) < 4.78 is 23.2. The standard InChI is InChI=1S/C18H20N2O3S/c1-13-5-7-14(8-6-13)17(16-4-2-3-10-19-16)18(21)20-15-9-11-24(22,23)12-15/h2-8,10,15,17H,9,11-12H2,1H3,(H,20,21). The number of aryl methyl sites for hydroxylation is 1. The van der Waals surface area contributed by atoms with Crippen LogP contribution in [-0.2, 0) is 14.6 Å². The fourth-order valence-corrected chi connectivity index (χ4v) is 4.63. The Balaban J connectivity index is 1.87. The zero-order valence-electron chi connectivity index (χ0n) is 13.5. The van der Waals surface area contributed by atoms with Crippen LogP contribution in [0.5, 0.6) is 0 Å². The number of amides is 1. The molecule has 5 nitrogen and oxygen atoms in total. The first-order chi connectivity index (χ1) is 11.4. The number of carbonyl (C=O) groups is 1. The van der Waals surface area contributed by atoms with Crippen LogP contribution < -0.4 is 5.32 Å². The highest BCUT2D eigenvalue weighted by Crippen LogP contribution is 2.24. The van der Waals surface area contributed by atoms with Crippen molar-refractivity contribution in [3.05, 3.63) is 65.5 Å². The molecule has 0 saturated carbocycles. The van der Waals surface area contributed by atoms with E-state index in [0.717, 1.165) is 11.1 Å². The molecule has 1 saturated heterocycles. The summed E-state index contributed by atoms with van der Waals surface area (Å²) in [5, 5.41) is 2.89. The molecule has 1 aromatic heterocycles. The molecule has 2 aromatic rings. The van der Waals surface area contributed by atoms with Gasteiger partial charge in [-0.3, -0.25) is 9.78 Å². The van der Waals surface area contributed by atoms with Gasteiger partial charge in [-0.15, -0.1) is 0 Å². The zero-order chi connectivity index (χ0) is 17.2. The highest BCUT2D eigenvalue weighted by molar-refractivity contribution is 7.91. The monoisotopic (exact) mass is 344 g/mol. The average Bonchev–Trinajstić information content (AvgIpc) is 2.89. The van der Waals surface area contributed by atoms with Crippen molar-refractivity contribution in [2.45, 2.75) is 25.3 Å². The molecule has 1 aliphatic rings. The lowest BCUT2D eigenvalue weighted by Gasteiger charge is -2.19. The molecular formula is C18H20N2O3S. The van der Waals surface area contributed by atoms with Crippen LogP contribution in [0.3, 0.4) is 0 Å². The Labute approximate surface area is 142 Å². The number of pyridine rings is 1. The second kappa shape index (κ2) is 6.73. The number of hydrogen-bond acceptors (Lipinski definition) is 4. The third kappa shape index (κ3) is 3.82. The van der Waals surface area contributed by atoms with E-state index >= 15 is 0 Å². The Morgan fingerprint density at radius 3 is 2.54 bits per heavy atom. The van der Waals surface area contributed by atoms with E-state index in [1.54, 1.807) is 12.3 Å². The number of carbonyl (C=O) groups excluding carboxylic acids is 1. The summed E-state index contributed by atoms with van der Waals surface area (Å²) in [6.07, 6.45) is 2.13. The van der Waals surface area contributed by atoms with Crippen molar-refractivity contribution in [2.75, 3.05) is 11.5 Å². The Hall–Kier alpha value is -2.21. The summed E-state index contributed by atoms with van der Waals surface area (Å²) in [5.41, 5.74) is 2.61. The van der Waals surface area contributed by atoms with Gasteiger partial charge in [-0.2, -0.15) is 0 Å². The Bertz CT molecular complexity index is 817. The number of aromatic nitrogens is 1. The Morgan fingerprint density at radius 1 is 1.21 bits per heavy atom. The average molecular weight is 344 g/mol. The first kappa shape index (κ1) is 16.6. The molecule has 3 rings (SSSR count). The molecule has 2 unspecified atom stereocenters. The fourth-order valence-electron chi connectivity index (χ4n) is 2.96. The van der Waals surface area contributed by atoms with Crippen LogP contribution in [0.1, 0.15) is 29.2 Å². The van der Waals surface area contributed by atoms with Gasteiger partial charge in [0.1, 0.15) is 5.92 Å². The minimum absolute atomic E-state index is 0.0155. The number of sulfone groups is 1. The highest BCUT2D eigenvalue weighted by Gasteiger charge is 2.32. The molecule has 2 heterocycles. The molecule has 0 aliphatic carbocycles. The van der Waals surface area contributed by atoms with E-state index in [-0.39, 0.29) is 23.5 Å². The van der Waals surface area contributed by atoms with Gasteiger partial charge in [0, 0.05) is 12.2 Å². The van der Waals surface area contributed by atoms with Crippen molar-refractivity contribution in [3.8, 4) is 0 Å². The van der Waals surface area contributed by atoms with Gasteiger partial charge in [0.2, 0.25) is 5.91 Å². The molecule has 24 heavy (non-hydrogen) atoms. The van der Waals surface area contributed by atoms with E-state index in [9.17, 15) is 13.2 Å². The van der Waals surface area contributed by atoms with Crippen LogP contribution >= 0.6 is 0 Å². The van der Waals surface area contributed by atoms with Gasteiger partial charge in [-0.1, -0.05) is 35.9 Å². The molecule has 0 radical (unpaired) electrons. The molecule has 2 atom stereocenters. The maximum atomic E-state index is 12.9. The maximum absolute atomic E-state index is 12.9. The Kier molecular flexibility index (Phi) is 4.66. The summed E-state index contributed by atoms with van der Waals surface area (Å²) in [7, 11) is -3.03. The number of nitrogens with one attached hydrogen (secondary N) is 1. The predicted octanol–water partition coefficient (Wildman–Crippen LogP) is 1.83. The molecule has 6 heteroatoms. The molecule has 1 fully saturated rings. The van der Waals surface area contributed by atoms with Gasteiger partial charge in [0.15, 0.2) is 9.84 Å². The van der Waals surface area contributed by atoms with E-state index in [2.05, 4.69) is 10.3 Å². The van der Waals surface area contributed by atoms with E-state index in [4.69, 9.17) is 0 Å². The van der Waals surface area contributed by atoms with Gasteiger partial charge < -0.3 is 5.32 Å². The quantitative estimate of drug-likeness (QED) is 0.918. The van der Waals surface area contributed by atoms with Gasteiger partial charge >= 0.3 is 0 Å². The molecule has 1 aromatic carbocycles. The van der Waals surface area contributed by atoms with Crippen LogP contribution in [-0.4, -0.2) is 36.9 Å². The normalized spacial score (nSPS) is 20.5. The number of benzene rings is 1. The first-order valence-electron chi connectivity index (χ1n) is 7.93. The third-order valence-corrected chi connectivity index (χ3v) is 6.00. The lowest BCUT2D eigenvalue weighted by atomic mass is 9.93. The first-order valence-corrected chi connectivity index (χ1v) is 9.75. The predicted molar refractivity (Wildman–Crippen MR) is 92.5 cm³/mol. The Morgan fingerprint density at radius 2 is 1.96 bits per heavy atom. The second-order valence-electron chi connectivity index (χ2n) is 6.21. The van der Waals surface area contributed by atoms with Crippen LogP contribution in [0.2, 0.25) is 0 Å². The number of rotatable bonds is 4. The lowest BCUT2D eigenvalue weighted by Crippen LogP contribution is -2.39. The zero-order valence-corrected chi connectivity index (χ0v) is 14.3.